The van der Waals surface area contributed by atoms with E-state index in [1.54, 1.807) is 18.7 Å². The maximum atomic E-state index is 5.29. The van der Waals surface area contributed by atoms with E-state index >= 15 is 0 Å². The zero-order valence-electron chi connectivity index (χ0n) is 9.17. The Morgan fingerprint density at radius 1 is 1.29 bits per heavy atom. The van der Waals surface area contributed by atoms with Crippen LogP contribution in [0.3, 0.4) is 0 Å². The van der Waals surface area contributed by atoms with Crippen LogP contribution in [0.25, 0.3) is 11.0 Å². The number of para-hydroxylation sites is 2. The highest BCUT2D eigenvalue weighted by atomic mass is 32.2. The lowest BCUT2D eigenvalue weighted by Gasteiger charge is -1.91. The highest BCUT2D eigenvalue weighted by Crippen LogP contribution is 2.22. The van der Waals surface area contributed by atoms with Gasteiger partial charge in [0.1, 0.15) is 0 Å². The number of nitrogens with one attached hydrogen (secondary N) is 1. The van der Waals surface area contributed by atoms with Crippen molar-refractivity contribution >= 4 is 22.8 Å². The molecule has 0 aliphatic heterocycles. The maximum Gasteiger partial charge on any atom is 0.226 e. The average molecular weight is 246 g/mol. The molecule has 2 heterocycles. The number of H-pyrrole nitrogens is 1. The van der Waals surface area contributed by atoms with Crippen LogP contribution in [-0.4, -0.2) is 20.2 Å². The van der Waals surface area contributed by atoms with Gasteiger partial charge < -0.3 is 9.40 Å². The maximum absolute atomic E-state index is 5.29. The number of benzene rings is 1. The van der Waals surface area contributed by atoms with E-state index < -0.39 is 0 Å². The molecule has 5 nitrogen and oxygen atoms in total. The van der Waals surface area contributed by atoms with E-state index in [1.807, 2.05) is 24.3 Å². The second-order valence-electron chi connectivity index (χ2n) is 3.56. The van der Waals surface area contributed by atoms with Crippen molar-refractivity contribution in [1.29, 1.82) is 0 Å². The smallest absolute Gasteiger partial charge is 0.226 e. The SMILES string of the molecule is Cc1nnc(CSc2nc3ccccc3[nH]2)o1. The molecular weight excluding hydrogens is 236 g/mol. The Labute approximate surface area is 102 Å². The van der Waals surface area contributed by atoms with Crippen LogP contribution in [-0.2, 0) is 5.75 Å². The number of imidazole rings is 1. The molecule has 0 radical (unpaired) electrons. The minimum atomic E-state index is 0.588. The van der Waals surface area contributed by atoms with Crippen LogP contribution in [0.5, 0.6) is 0 Å². The number of nitrogens with zero attached hydrogens (tertiary/aromatic N) is 3. The molecule has 0 spiro atoms. The number of rotatable bonds is 3. The first-order valence-electron chi connectivity index (χ1n) is 5.18. The summed E-state index contributed by atoms with van der Waals surface area (Å²) in [4.78, 5) is 7.69. The van der Waals surface area contributed by atoms with Crippen molar-refractivity contribution in [2.45, 2.75) is 17.8 Å². The molecular formula is C11H10N4OS. The third-order valence-corrected chi connectivity index (χ3v) is 3.13. The van der Waals surface area contributed by atoms with Crippen molar-refractivity contribution in [3.63, 3.8) is 0 Å². The van der Waals surface area contributed by atoms with E-state index in [9.17, 15) is 0 Å². The molecule has 0 bridgehead atoms. The van der Waals surface area contributed by atoms with Crippen LogP contribution in [0.15, 0.2) is 33.8 Å². The zero-order chi connectivity index (χ0) is 11.7. The summed E-state index contributed by atoms with van der Waals surface area (Å²) in [5.74, 6) is 1.83. The summed E-state index contributed by atoms with van der Waals surface area (Å²) < 4.78 is 5.29. The summed E-state index contributed by atoms with van der Waals surface area (Å²) in [7, 11) is 0. The number of fused-ring (bicyclic) bond motifs is 1. The monoisotopic (exact) mass is 246 g/mol. The van der Waals surface area contributed by atoms with Crippen LogP contribution >= 0.6 is 11.8 Å². The van der Waals surface area contributed by atoms with E-state index in [1.165, 1.54) is 0 Å². The topological polar surface area (TPSA) is 67.6 Å². The molecule has 86 valence electrons. The van der Waals surface area contributed by atoms with Gasteiger partial charge in [-0.2, -0.15) is 0 Å². The number of hydrogen-bond acceptors (Lipinski definition) is 5. The molecule has 0 fully saturated rings. The molecule has 0 atom stereocenters. The van der Waals surface area contributed by atoms with E-state index in [2.05, 4.69) is 20.2 Å². The summed E-state index contributed by atoms with van der Waals surface area (Å²) >= 11 is 1.55. The summed E-state index contributed by atoms with van der Waals surface area (Å²) in [6.07, 6.45) is 0. The van der Waals surface area contributed by atoms with Gasteiger partial charge in [0, 0.05) is 6.92 Å². The average Bonchev–Trinajstić information content (AvgIpc) is 2.91. The van der Waals surface area contributed by atoms with Gasteiger partial charge in [-0.1, -0.05) is 23.9 Å². The molecule has 0 aliphatic rings. The molecule has 3 aromatic rings. The van der Waals surface area contributed by atoms with E-state index in [4.69, 9.17) is 4.42 Å². The highest BCUT2D eigenvalue weighted by Gasteiger charge is 2.06. The van der Waals surface area contributed by atoms with Crippen LogP contribution in [0.2, 0.25) is 0 Å². The third kappa shape index (κ3) is 2.16. The van der Waals surface area contributed by atoms with Crippen molar-refractivity contribution in [1.82, 2.24) is 20.2 Å². The molecule has 1 N–H and O–H groups in total. The molecule has 0 saturated carbocycles. The Morgan fingerprint density at radius 3 is 2.94 bits per heavy atom. The van der Waals surface area contributed by atoms with Gasteiger partial charge in [0.25, 0.3) is 0 Å². The third-order valence-electron chi connectivity index (χ3n) is 2.27. The molecule has 3 rings (SSSR count). The van der Waals surface area contributed by atoms with Crippen molar-refractivity contribution in [2.24, 2.45) is 0 Å². The van der Waals surface area contributed by atoms with E-state index in [0.717, 1.165) is 16.2 Å². The first-order chi connectivity index (χ1) is 8.31. The summed E-state index contributed by atoms with van der Waals surface area (Å²) in [5.41, 5.74) is 2.01. The quantitative estimate of drug-likeness (QED) is 0.719. The van der Waals surface area contributed by atoms with Crippen molar-refractivity contribution in [2.75, 3.05) is 0 Å². The van der Waals surface area contributed by atoms with Crippen LogP contribution in [0, 0.1) is 6.92 Å². The van der Waals surface area contributed by atoms with Gasteiger partial charge >= 0.3 is 0 Å². The predicted octanol–water partition coefficient (Wildman–Crippen LogP) is 2.55. The minimum absolute atomic E-state index is 0.588. The van der Waals surface area contributed by atoms with Gasteiger partial charge in [0.05, 0.1) is 16.8 Å². The molecule has 1 aromatic carbocycles. The largest absolute Gasteiger partial charge is 0.425 e. The van der Waals surface area contributed by atoms with Gasteiger partial charge in [0.15, 0.2) is 5.16 Å². The normalized spacial score (nSPS) is 11.1. The van der Waals surface area contributed by atoms with Gasteiger partial charge in [-0.3, -0.25) is 0 Å². The molecule has 6 heteroatoms. The van der Waals surface area contributed by atoms with Crippen LogP contribution in [0.4, 0.5) is 0 Å². The summed E-state index contributed by atoms with van der Waals surface area (Å²) in [5, 5.41) is 8.58. The molecule has 0 amide bonds. The lowest BCUT2D eigenvalue weighted by molar-refractivity contribution is 0.485. The Bertz CT molecular complexity index is 613. The Hall–Kier alpha value is -1.82. The highest BCUT2D eigenvalue weighted by molar-refractivity contribution is 7.98. The predicted molar refractivity (Wildman–Crippen MR) is 64.7 cm³/mol. The standard InChI is InChI=1S/C11H10N4OS/c1-7-14-15-10(16-7)6-17-11-12-8-4-2-3-5-9(8)13-11/h2-5H,6H2,1H3,(H,12,13). The lowest BCUT2D eigenvalue weighted by Crippen LogP contribution is -1.81. The minimum Gasteiger partial charge on any atom is -0.425 e. The molecule has 2 aromatic heterocycles. The number of hydrogen-bond donors (Lipinski definition) is 1. The van der Waals surface area contributed by atoms with Crippen molar-refractivity contribution < 1.29 is 4.42 Å². The van der Waals surface area contributed by atoms with Crippen LogP contribution < -0.4 is 0 Å². The van der Waals surface area contributed by atoms with Gasteiger partial charge in [0.2, 0.25) is 11.8 Å². The zero-order valence-corrected chi connectivity index (χ0v) is 9.99. The summed E-state index contributed by atoms with van der Waals surface area (Å²) in [6, 6.07) is 7.94. The summed E-state index contributed by atoms with van der Waals surface area (Å²) in [6.45, 7) is 1.78. The van der Waals surface area contributed by atoms with Crippen molar-refractivity contribution in [3.8, 4) is 0 Å². The number of thioether (sulfide) groups is 1. The number of aryl methyl sites for hydroxylation is 1. The molecule has 0 unspecified atom stereocenters. The number of aromatic amines is 1. The van der Waals surface area contributed by atoms with E-state index in [-0.39, 0.29) is 0 Å². The number of aromatic nitrogens is 4. The molecule has 0 aliphatic carbocycles. The Kier molecular flexibility index (Phi) is 2.56. The lowest BCUT2D eigenvalue weighted by atomic mass is 10.3. The fourth-order valence-corrected chi connectivity index (χ4v) is 2.25. The van der Waals surface area contributed by atoms with Gasteiger partial charge in [-0.25, -0.2) is 4.98 Å². The van der Waals surface area contributed by atoms with Crippen LogP contribution in [0.1, 0.15) is 11.8 Å². The second kappa shape index (κ2) is 4.21. The first-order valence-corrected chi connectivity index (χ1v) is 6.16. The second-order valence-corrected chi connectivity index (χ2v) is 4.53. The van der Waals surface area contributed by atoms with Gasteiger partial charge in [-0.05, 0) is 12.1 Å². The van der Waals surface area contributed by atoms with E-state index in [0.29, 0.717) is 17.5 Å². The first kappa shape index (κ1) is 10.3. The Balaban J connectivity index is 1.76. The Morgan fingerprint density at radius 2 is 2.18 bits per heavy atom. The molecule has 17 heavy (non-hydrogen) atoms. The fraction of sp³-hybridized carbons (Fsp3) is 0.182. The molecule has 0 saturated heterocycles. The van der Waals surface area contributed by atoms with Crippen molar-refractivity contribution in [3.05, 3.63) is 36.0 Å². The van der Waals surface area contributed by atoms with Gasteiger partial charge in [-0.15, -0.1) is 10.2 Å². The fourth-order valence-electron chi connectivity index (χ4n) is 1.52.